The van der Waals surface area contributed by atoms with Gasteiger partial charge >= 0.3 is 0 Å². The van der Waals surface area contributed by atoms with E-state index in [-0.39, 0.29) is 11.8 Å². The van der Waals surface area contributed by atoms with E-state index in [4.69, 9.17) is 4.74 Å². The molecule has 1 N–H and O–H groups in total. The van der Waals surface area contributed by atoms with Crippen molar-refractivity contribution in [2.75, 3.05) is 13.7 Å². The van der Waals surface area contributed by atoms with Gasteiger partial charge in [0.25, 0.3) is 11.8 Å². The van der Waals surface area contributed by atoms with Crippen molar-refractivity contribution in [3.05, 3.63) is 64.2 Å². The molecule has 1 saturated carbocycles. The summed E-state index contributed by atoms with van der Waals surface area (Å²) >= 11 is 0. The number of hydrogen-bond acceptors (Lipinski definition) is 3. The van der Waals surface area contributed by atoms with E-state index in [0.29, 0.717) is 29.8 Å². The van der Waals surface area contributed by atoms with Gasteiger partial charge in [0.1, 0.15) is 5.75 Å². The molecule has 34 heavy (non-hydrogen) atoms. The average molecular weight is 465 g/mol. The molecular formula is C29H40N2O3. The van der Waals surface area contributed by atoms with Gasteiger partial charge < -0.3 is 4.74 Å². The summed E-state index contributed by atoms with van der Waals surface area (Å²) in [6.45, 7) is 6.47. The normalized spacial score (nSPS) is 14.0. The third kappa shape index (κ3) is 6.85. The number of aryl methyl sites for hydroxylation is 2. The molecule has 184 valence electrons. The van der Waals surface area contributed by atoms with E-state index in [2.05, 4.69) is 5.43 Å². The minimum atomic E-state index is -0.277. The van der Waals surface area contributed by atoms with Crippen LogP contribution in [0.25, 0.3) is 0 Å². The maximum absolute atomic E-state index is 13.5. The van der Waals surface area contributed by atoms with Gasteiger partial charge in [-0.2, -0.15) is 0 Å². The van der Waals surface area contributed by atoms with Crippen molar-refractivity contribution in [1.82, 2.24) is 10.4 Å². The van der Waals surface area contributed by atoms with Crippen molar-refractivity contribution in [3.63, 3.8) is 0 Å². The fourth-order valence-electron chi connectivity index (χ4n) is 5.16. The van der Waals surface area contributed by atoms with Crippen molar-refractivity contribution in [2.24, 2.45) is 5.92 Å². The van der Waals surface area contributed by atoms with Gasteiger partial charge in [-0.15, -0.1) is 0 Å². The lowest BCUT2D eigenvalue weighted by Crippen LogP contribution is -2.47. The fraction of sp³-hybridized carbons (Fsp3) is 0.517. The zero-order valence-corrected chi connectivity index (χ0v) is 21.3. The predicted octanol–water partition coefficient (Wildman–Crippen LogP) is 6.41. The predicted molar refractivity (Wildman–Crippen MR) is 137 cm³/mol. The summed E-state index contributed by atoms with van der Waals surface area (Å²) in [6, 6.07) is 11.3. The van der Waals surface area contributed by atoms with Gasteiger partial charge in [-0.25, -0.2) is 5.01 Å². The Morgan fingerprint density at radius 3 is 2.38 bits per heavy atom. The maximum atomic E-state index is 13.5. The Hall–Kier alpha value is -2.82. The highest BCUT2D eigenvalue weighted by atomic mass is 16.5. The molecule has 3 rings (SSSR count). The Morgan fingerprint density at radius 2 is 1.74 bits per heavy atom. The summed E-state index contributed by atoms with van der Waals surface area (Å²) < 4.78 is 5.45. The fourth-order valence-corrected chi connectivity index (χ4v) is 5.16. The van der Waals surface area contributed by atoms with Crippen LogP contribution in [-0.2, 0) is 6.42 Å². The molecule has 5 nitrogen and oxygen atoms in total. The van der Waals surface area contributed by atoms with Gasteiger partial charge in [0.05, 0.1) is 7.11 Å². The van der Waals surface area contributed by atoms with Crippen molar-refractivity contribution >= 4 is 11.8 Å². The van der Waals surface area contributed by atoms with Crippen LogP contribution in [0.5, 0.6) is 5.75 Å². The van der Waals surface area contributed by atoms with Gasteiger partial charge in [-0.05, 0) is 56.9 Å². The second-order valence-corrected chi connectivity index (χ2v) is 9.61. The van der Waals surface area contributed by atoms with E-state index in [9.17, 15) is 9.59 Å². The molecule has 2 amide bonds. The lowest BCUT2D eigenvalue weighted by molar-refractivity contribution is 0.0577. The SMILES string of the molecule is CCc1c(OC)cccc1C(=O)NN(CCCCC1CCCCC1)C(=O)c1cc(C)cc(C)c1. The van der Waals surface area contributed by atoms with Crippen LogP contribution < -0.4 is 10.2 Å². The van der Waals surface area contributed by atoms with Crippen LogP contribution >= 0.6 is 0 Å². The van der Waals surface area contributed by atoms with Crippen LogP contribution in [0.2, 0.25) is 0 Å². The van der Waals surface area contributed by atoms with Crippen LogP contribution in [0.4, 0.5) is 0 Å². The number of amides is 2. The van der Waals surface area contributed by atoms with Crippen molar-refractivity contribution in [1.29, 1.82) is 0 Å². The topological polar surface area (TPSA) is 58.6 Å². The number of carbonyl (C=O) groups is 2. The summed E-state index contributed by atoms with van der Waals surface area (Å²) in [7, 11) is 1.61. The molecule has 0 unspecified atom stereocenters. The van der Waals surface area contributed by atoms with E-state index >= 15 is 0 Å². The number of hydrogen-bond donors (Lipinski definition) is 1. The first-order valence-electron chi connectivity index (χ1n) is 12.8. The molecule has 1 aliphatic rings. The maximum Gasteiger partial charge on any atom is 0.272 e. The van der Waals surface area contributed by atoms with Crippen molar-refractivity contribution < 1.29 is 14.3 Å². The molecule has 2 aromatic rings. The number of nitrogens with zero attached hydrogens (tertiary/aromatic N) is 1. The molecule has 1 aliphatic carbocycles. The number of nitrogens with one attached hydrogen (secondary N) is 1. The first-order valence-corrected chi connectivity index (χ1v) is 12.8. The zero-order valence-electron chi connectivity index (χ0n) is 21.3. The molecule has 0 radical (unpaired) electrons. The number of carbonyl (C=O) groups excluding carboxylic acids is 2. The average Bonchev–Trinajstić information content (AvgIpc) is 2.84. The van der Waals surface area contributed by atoms with E-state index < -0.39 is 0 Å². The lowest BCUT2D eigenvalue weighted by atomic mass is 9.86. The number of ether oxygens (including phenoxy) is 1. The number of hydrazine groups is 1. The number of methoxy groups -OCH3 is 1. The van der Waals surface area contributed by atoms with E-state index in [0.717, 1.165) is 35.4 Å². The molecule has 0 aromatic heterocycles. The summed E-state index contributed by atoms with van der Waals surface area (Å²) in [5.41, 5.74) is 6.99. The van der Waals surface area contributed by atoms with Crippen LogP contribution in [-0.4, -0.2) is 30.5 Å². The second-order valence-electron chi connectivity index (χ2n) is 9.61. The Bertz CT molecular complexity index is 959. The van der Waals surface area contributed by atoms with Gasteiger partial charge in [-0.3, -0.25) is 15.0 Å². The van der Waals surface area contributed by atoms with Crippen LogP contribution in [0.3, 0.4) is 0 Å². The Morgan fingerprint density at radius 1 is 1.03 bits per heavy atom. The molecule has 0 saturated heterocycles. The number of unbranched alkanes of at least 4 members (excludes halogenated alkanes) is 1. The molecule has 0 atom stereocenters. The molecule has 1 fully saturated rings. The minimum Gasteiger partial charge on any atom is -0.496 e. The van der Waals surface area contributed by atoms with Crippen LogP contribution in [0.1, 0.15) is 95.7 Å². The van der Waals surface area contributed by atoms with E-state index in [1.54, 1.807) is 13.2 Å². The minimum absolute atomic E-state index is 0.168. The second kappa shape index (κ2) is 12.6. The summed E-state index contributed by atoms with van der Waals surface area (Å²) in [4.78, 5) is 26.8. The first kappa shape index (κ1) is 25.8. The monoisotopic (exact) mass is 464 g/mol. The van der Waals surface area contributed by atoms with Crippen molar-refractivity contribution in [3.8, 4) is 5.75 Å². The Labute approximate surface area is 204 Å². The smallest absolute Gasteiger partial charge is 0.272 e. The highest BCUT2D eigenvalue weighted by Gasteiger charge is 2.22. The number of rotatable bonds is 9. The molecule has 0 aliphatic heterocycles. The van der Waals surface area contributed by atoms with Gasteiger partial charge in [0.2, 0.25) is 0 Å². The third-order valence-corrected chi connectivity index (χ3v) is 6.87. The van der Waals surface area contributed by atoms with Gasteiger partial charge in [0.15, 0.2) is 0 Å². The van der Waals surface area contributed by atoms with Crippen LogP contribution in [0.15, 0.2) is 36.4 Å². The third-order valence-electron chi connectivity index (χ3n) is 6.87. The van der Waals surface area contributed by atoms with E-state index in [1.165, 1.54) is 43.5 Å². The largest absolute Gasteiger partial charge is 0.496 e. The summed E-state index contributed by atoms with van der Waals surface area (Å²) in [6.07, 6.45) is 10.5. The number of benzene rings is 2. The Kier molecular flexibility index (Phi) is 9.55. The van der Waals surface area contributed by atoms with Gasteiger partial charge in [0, 0.05) is 23.2 Å². The van der Waals surface area contributed by atoms with E-state index in [1.807, 2.05) is 51.1 Å². The molecule has 0 spiro atoms. The summed E-state index contributed by atoms with van der Waals surface area (Å²) in [5.74, 6) is 1.06. The lowest BCUT2D eigenvalue weighted by Gasteiger charge is -2.26. The molecule has 0 bridgehead atoms. The molecular weight excluding hydrogens is 424 g/mol. The highest BCUT2D eigenvalue weighted by molar-refractivity contribution is 6.00. The summed E-state index contributed by atoms with van der Waals surface area (Å²) in [5, 5.41) is 1.51. The molecule has 5 heteroatoms. The van der Waals surface area contributed by atoms with Gasteiger partial charge in [-0.1, -0.05) is 75.1 Å². The highest BCUT2D eigenvalue weighted by Crippen LogP contribution is 2.28. The van der Waals surface area contributed by atoms with Crippen molar-refractivity contribution in [2.45, 2.75) is 78.6 Å². The van der Waals surface area contributed by atoms with Crippen LogP contribution in [0, 0.1) is 19.8 Å². The zero-order chi connectivity index (χ0) is 24.5. The standard InChI is InChI=1S/C29H40N2O3/c1-5-25-26(15-11-16-27(25)34-4)28(32)30-31(17-10-9-14-23-12-7-6-8-13-23)29(33)24-19-21(2)18-22(3)20-24/h11,15-16,18-20,23H,5-10,12-14,17H2,1-4H3,(H,30,32). The first-order chi connectivity index (χ1) is 16.4. The quantitative estimate of drug-likeness (QED) is 0.344. The molecule has 0 heterocycles. The molecule has 2 aromatic carbocycles. The Balaban J connectivity index is 1.75.